The van der Waals surface area contributed by atoms with Crippen LogP contribution >= 0.6 is 0 Å². The fraction of sp³-hybridized carbons (Fsp3) is 0.667. The minimum absolute atomic E-state index is 0.176. The summed E-state index contributed by atoms with van der Waals surface area (Å²) in [6.45, 7) is 1.30. The Bertz CT molecular complexity index is 449. The number of Topliss-reactive ketones (excluding diaryl/α,β-unsaturated/α-hetero) is 1. The summed E-state index contributed by atoms with van der Waals surface area (Å²) in [5.74, 6) is -0.814. The summed E-state index contributed by atoms with van der Waals surface area (Å²) in [6.07, 6.45) is 0.992. The van der Waals surface area contributed by atoms with Crippen molar-refractivity contribution in [2.45, 2.75) is 12.2 Å². The summed E-state index contributed by atoms with van der Waals surface area (Å²) in [5, 5.41) is 9.37. The van der Waals surface area contributed by atoms with Crippen molar-refractivity contribution in [2.75, 3.05) is 6.26 Å². The summed E-state index contributed by atoms with van der Waals surface area (Å²) in [7, 11) is -1.91. The van der Waals surface area contributed by atoms with Gasteiger partial charge in [0, 0.05) is 6.26 Å². The normalized spacial score (nSPS) is 13.9. The summed E-state index contributed by atoms with van der Waals surface area (Å²) >= 11 is 0. The smallest absolute Gasteiger partial charge is 0.241 e. The molecule has 1 heterocycles. The molecule has 0 saturated carbocycles. The van der Waals surface area contributed by atoms with E-state index >= 15 is 0 Å². The lowest BCUT2D eigenvalue weighted by atomic mass is 10.3. The van der Waals surface area contributed by atoms with Crippen LogP contribution in [0.15, 0.2) is 0 Å². The van der Waals surface area contributed by atoms with Crippen molar-refractivity contribution in [2.24, 2.45) is 7.05 Å². The number of hydrogen-bond donors (Lipinski definition) is 0. The van der Waals surface area contributed by atoms with Crippen molar-refractivity contribution in [3.63, 3.8) is 0 Å². The number of tetrazole rings is 1. The molecule has 1 rings (SSSR count). The Balaban J connectivity index is 2.98. The van der Waals surface area contributed by atoms with E-state index in [4.69, 9.17) is 0 Å². The third kappa shape index (κ3) is 2.13. The molecule has 7 nitrogen and oxygen atoms in total. The van der Waals surface area contributed by atoms with Gasteiger partial charge in [0.1, 0.15) is 5.25 Å². The Morgan fingerprint density at radius 3 is 2.43 bits per heavy atom. The Morgan fingerprint density at radius 2 is 2.07 bits per heavy atom. The zero-order valence-corrected chi connectivity index (χ0v) is 8.82. The molecule has 1 atom stereocenters. The van der Waals surface area contributed by atoms with Gasteiger partial charge >= 0.3 is 0 Å². The first kappa shape index (κ1) is 10.8. The Labute approximate surface area is 81.0 Å². The van der Waals surface area contributed by atoms with Crippen LogP contribution in [-0.2, 0) is 16.9 Å². The second-order valence-electron chi connectivity index (χ2n) is 2.94. The predicted molar refractivity (Wildman–Crippen MR) is 47.4 cm³/mol. The molecule has 1 aromatic rings. The zero-order valence-electron chi connectivity index (χ0n) is 8.00. The number of carbonyl (C=O) groups excluding carboxylic acids is 1. The summed E-state index contributed by atoms with van der Waals surface area (Å²) in [5.41, 5.74) is 0. The van der Waals surface area contributed by atoms with Gasteiger partial charge in [0.2, 0.25) is 11.6 Å². The van der Waals surface area contributed by atoms with E-state index in [1.807, 2.05) is 0 Å². The van der Waals surface area contributed by atoms with Crippen LogP contribution in [0, 0.1) is 0 Å². The summed E-state index contributed by atoms with van der Waals surface area (Å²) in [4.78, 5) is 12.5. The molecule has 0 radical (unpaired) electrons. The van der Waals surface area contributed by atoms with E-state index in [9.17, 15) is 13.2 Å². The monoisotopic (exact) mass is 218 g/mol. The number of carbonyl (C=O) groups is 1. The van der Waals surface area contributed by atoms with E-state index in [1.54, 1.807) is 0 Å². The Kier molecular flexibility index (Phi) is 2.65. The van der Waals surface area contributed by atoms with Crippen LogP contribution < -0.4 is 0 Å². The highest BCUT2D eigenvalue weighted by Crippen LogP contribution is 2.04. The first-order valence-electron chi connectivity index (χ1n) is 3.79. The summed E-state index contributed by atoms with van der Waals surface area (Å²) < 4.78 is 22.1. The average molecular weight is 218 g/mol. The van der Waals surface area contributed by atoms with Gasteiger partial charge < -0.3 is 0 Å². The lowest BCUT2D eigenvalue weighted by Gasteiger charge is -2.03. The maximum Gasteiger partial charge on any atom is 0.241 e. The number of hydrogen-bond acceptors (Lipinski definition) is 6. The molecule has 0 aliphatic heterocycles. The second kappa shape index (κ2) is 3.45. The van der Waals surface area contributed by atoms with Crippen molar-refractivity contribution < 1.29 is 13.2 Å². The average Bonchev–Trinajstić information content (AvgIpc) is 2.47. The van der Waals surface area contributed by atoms with E-state index in [2.05, 4.69) is 15.4 Å². The molecule has 0 fully saturated rings. The van der Waals surface area contributed by atoms with Crippen molar-refractivity contribution in [3.05, 3.63) is 5.82 Å². The quantitative estimate of drug-likeness (QED) is 0.593. The van der Waals surface area contributed by atoms with Crippen molar-refractivity contribution in [3.8, 4) is 0 Å². The molecule has 0 aliphatic carbocycles. The van der Waals surface area contributed by atoms with Crippen molar-refractivity contribution in [1.82, 2.24) is 20.2 Å². The molecule has 0 N–H and O–H groups in total. The largest absolute Gasteiger partial charge is 0.289 e. The van der Waals surface area contributed by atoms with Gasteiger partial charge in [0.15, 0.2) is 9.84 Å². The minimum Gasteiger partial charge on any atom is -0.289 e. The van der Waals surface area contributed by atoms with E-state index in [-0.39, 0.29) is 5.82 Å². The highest BCUT2D eigenvalue weighted by atomic mass is 32.2. The predicted octanol–water partition coefficient (Wildman–Crippen LogP) is -1.17. The van der Waals surface area contributed by atoms with Gasteiger partial charge in [-0.1, -0.05) is 0 Å². The highest BCUT2D eigenvalue weighted by molar-refractivity contribution is 7.92. The van der Waals surface area contributed by atoms with E-state index in [1.165, 1.54) is 14.0 Å². The van der Waals surface area contributed by atoms with Gasteiger partial charge in [0.25, 0.3) is 0 Å². The molecule has 0 aromatic carbocycles. The Morgan fingerprint density at radius 1 is 1.50 bits per heavy atom. The third-order valence-corrected chi connectivity index (χ3v) is 3.24. The van der Waals surface area contributed by atoms with Crippen molar-refractivity contribution in [1.29, 1.82) is 0 Å². The van der Waals surface area contributed by atoms with Gasteiger partial charge in [-0.05, 0) is 12.1 Å². The Hall–Kier alpha value is -1.31. The van der Waals surface area contributed by atoms with Crippen molar-refractivity contribution >= 4 is 15.6 Å². The molecule has 1 unspecified atom stereocenters. The topological polar surface area (TPSA) is 94.8 Å². The molecule has 0 bridgehead atoms. The fourth-order valence-electron chi connectivity index (χ4n) is 0.759. The van der Waals surface area contributed by atoms with Gasteiger partial charge in [-0.3, -0.25) is 4.79 Å². The van der Waals surface area contributed by atoms with Crippen LogP contribution in [0.2, 0.25) is 0 Å². The molecule has 0 saturated heterocycles. The number of nitrogens with zero attached hydrogens (tertiary/aromatic N) is 4. The van der Waals surface area contributed by atoms with Crippen LogP contribution in [0.5, 0.6) is 0 Å². The summed E-state index contributed by atoms with van der Waals surface area (Å²) in [6, 6.07) is 0. The fourth-order valence-corrected chi connectivity index (χ4v) is 1.25. The maximum atomic E-state index is 11.4. The molecular weight excluding hydrogens is 208 g/mol. The number of sulfone groups is 1. The number of aryl methyl sites for hydroxylation is 1. The number of aromatic nitrogens is 4. The second-order valence-corrected chi connectivity index (χ2v) is 5.30. The van der Waals surface area contributed by atoms with Crippen LogP contribution in [0.4, 0.5) is 0 Å². The van der Waals surface area contributed by atoms with E-state index in [0.29, 0.717) is 0 Å². The molecule has 0 amide bonds. The highest BCUT2D eigenvalue weighted by Gasteiger charge is 2.27. The molecule has 8 heteroatoms. The maximum absolute atomic E-state index is 11.4. The van der Waals surface area contributed by atoms with Gasteiger partial charge in [0.05, 0.1) is 7.05 Å². The molecule has 78 valence electrons. The minimum atomic E-state index is -3.41. The SMILES string of the molecule is CC(C(=O)c1nnn(C)n1)S(C)(=O)=O. The molecular formula is C6H10N4O3S. The standard InChI is InChI=1S/C6H10N4O3S/c1-4(14(3,12)13)5(11)6-7-9-10(2)8-6/h4H,1-3H3. The molecule has 0 aliphatic rings. The van der Waals surface area contributed by atoms with Gasteiger partial charge in [-0.25, -0.2) is 8.42 Å². The molecule has 0 spiro atoms. The number of ketones is 1. The number of rotatable bonds is 3. The van der Waals surface area contributed by atoms with Crippen LogP contribution in [0.3, 0.4) is 0 Å². The van der Waals surface area contributed by atoms with E-state index in [0.717, 1.165) is 11.1 Å². The molecule has 1 aromatic heterocycles. The lowest BCUT2D eigenvalue weighted by Crippen LogP contribution is -2.27. The zero-order chi connectivity index (χ0) is 10.9. The molecule has 14 heavy (non-hydrogen) atoms. The van der Waals surface area contributed by atoms with Crippen LogP contribution in [0.1, 0.15) is 17.5 Å². The first-order valence-corrected chi connectivity index (χ1v) is 5.75. The third-order valence-electron chi connectivity index (χ3n) is 1.74. The van der Waals surface area contributed by atoms with Gasteiger partial charge in [-0.15, -0.1) is 10.2 Å². The first-order chi connectivity index (χ1) is 6.32. The lowest BCUT2D eigenvalue weighted by molar-refractivity contribution is 0.0981. The van der Waals surface area contributed by atoms with Crippen LogP contribution in [-0.4, -0.2) is 45.9 Å². The van der Waals surface area contributed by atoms with E-state index < -0.39 is 20.9 Å². The van der Waals surface area contributed by atoms with Gasteiger partial charge in [-0.2, -0.15) is 4.80 Å². The van der Waals surface area contributed by atoms with Crippen LogP contribution in [0.25, 0.3) is 0 Å².